The lowest BCUT2D eigenvalue weighted by atomic mass is 10.1. The Balaban J connectivity index is 1.41. The molecular weight excluding hydrogens is 516 g/mol. The van der Waals surface area contributed by atoms with Crippen LogP contribution in [0, 0.1) is 23.5 Å². The van der Waals surface area contributed by atoms with E-state index in [4.69, 9.17) is 9.97 Å². The number of halogens is 2. The number of carbonyl (C=O) groups excluding carboxylic acids is 2. The number of methoxy groups -OCH3 is 1. The van der Waals surface area contributed by atoms with Crippen LogP contribution in [0.4, 0.5) is 8.78 Å². The van der Waals surface area contributed by atoms with Crippen molar-refractivity contribution in [1.82, 2.24) is 24.4 Å². The molecule has 3 aliphatic rings. The summed E-state index contributed by atoms with van der Waals surface area (Å²) in [6.07, 6.45) is 8.43. The molecule has 2 fully saturated rings. The number of ether oxygens (including phenoxy) is 1. The number of nitrogens with zero attached hydrogens (tertiary/aromatic N) is 4. The summed E-state index contributed by atoms with van der Waals surface area (Å²) in [4.78, 5) is 34.6. The molecular formula is C30H29F2N5O3. The molecule has 10 heteroatoms. The van der Waals surface area contributed by atoms with Crippen molar-refractivity contribution < 1.29 is 23.1 Å². The van der Waals surface area contributed by atoms with Crippen molar-refractivity contribution in [2.75, 3.05) is 7.11 Å². The molecule has 1 N–H and O–H groups in total. The van der Waals surface area contributed by atoms with Gasteiger partial charge in [0.1, 0.15) is 16.7 Å². The van der Waals surface area contributed by atoms with Gasteiger partial charge in [-0.05, 0) is 69.2 Å². The van der Waals surface area contributed by atoms with Crippen LogP contribution < -0.4 is 5.32 Å². The van der Waals surface area contributed by atoms with Gasteiger partial charge in [-0.3, -0.25) is 4.79 Å². The van der Waals surface area contributed by atoms with Crippen LogP contribution in [0.5, 0.6) is 0 Å². The van der Waals surface area contributed by atoms with Gasteiger partial charge in [-0.1, -0.05) is 12.2 Å². The summed E-state index contributed by atoms with van der Waals surface area (Å²) in [5, 5.41) is 4.00. The highest BCUT2D eigenvalue weighted by Gasteiger charge is 2.42. The van der Waals surface area contributed by atoms with E-state index in [2.05, 4.69) is 26.8 Å². The number of fused-ring (bicyclic) bond motifs is 3. The molecule has 0 spiro atoms. The maximum Gasteiger partial charge on any atom is 0.341 e. The molecule has 40 heavy (non-hydrogen) atoms. The summed E-state index contributed by atoms with van der Waals surface area (Å²) in [5.41, 5.74) is 1.99. The molecule has 3 aromatic heterocycles. The Hall–Kier alpha value is -4.08. The Bertz CT molecular complexity index is 1730. The van der Waals surface area contributed by atoms with Gasteiger partial charge in [0, 0.05) is 23.9 Å². The SMILES string of the molecule is COC(=O)c1cc2nc(-c3cc4ccc5nc4n3CC/C=C/C[C@@H]3C[C@H]3C(=O)N[C@@H]5C)n(C3CC3)c2c(F)c1F. The zero-order chi connectivity index (χ0) is 27.7. The first-order valence-corrected chi connectivity index (χ1v) is 13.8. The fraction of sp³-hybridized carbons (Fsp3) is 0.400. The predicted octanol–water partition coefficient (Wildman–Crippen LogP) is 5.62. The van der Waals surface area contributed by atoms with Crippen molar-refractivity contribution in [2.45, 2.75) is 57.7 Å². The number of imidazole rings is 1. The minimum absolute atomic E-state index is 0.0210. The van der Waals surface area contributed by atoms with Gasteiger partial charge in [-0.15, -0.1) is 0 Å². The number of amides is 1. The molecule has 3 atom stereocenters. The lowest BCUT2D eigenvalue weighted by Crippen LogP contribution is -2.29. The van der Waals surface area contributed by atoms with E-state index in [9.17, 15) is 9.59 Å². The summed E-state index contributed by atoms with van der Waals surface area (Å²) in [6.45, 7) is 2.55. The topological polar surface area (TPSA) is 91.0 Å². The second-order valence-electron chi connectivity index (χ2n) is 11.1. The summed E-state index contributed by atoms with van der Waals surface area (Å²) >= 11 is 0. The zero-order valence-electron chi connectivity index (χ0n) is 22.3. The zero-order valence-corrected chi connectivity index (χ0v) is 22.3. The number of benzene rings is 1. The number of pyridine rings is 1. The average Bonchev–Trinajstić information content (AvgIpc) is 3.87. The molecule has 2 bridgehead atoms. The number of hydrogen-bond acceptors (Lipinski definition) is 5. The standard InChI is InChI=1S/C30H29F2N5O3/c1-15-21-10-7-17-13-23(36(27(17)34-21)11-5-3-4-6-16-12-19(16)29(38)33-15)28-35-22-14-20(30(39)40-2)24(31)25(32)26(22)37(28)18-8-9-18/h3-4,7,10,13-16,18-19H,5-6,8-9,11-12H2,1-2H3,(H,33,38)/b4-3+/t15-,16-,19-/m1/s1. The summed E-state index contributed by atoms with van der Waals surface area (Å²) in [7, 11) is 1.13. The summed E-state index contributed by atoms with van der Waals surface area (Å²) < 4.78 is 39.0. The van der Waals surface area contributed by atoms with Crippen LogP contribution in [0.1, 0.15) is 67.2 Å². The molecule has 2 aliphatic carbocycles. The Morgan fingerprint density at radius 2 is 1.95 bits per heavy atom. The van der Waals surface area contributed by atoms with E-state index in [1.165, 1.54) is 6.07 Å². The van der Waals surface area contributed by atoms with Crippen LogP contribution in [0.25, 0.3) is 33.6 Å². The molecule has 7 rings (SSSR count). The van der Waals surface area contributed by atoms with Crippen molar-refractivity contribution >= 4 is 33.9 Å². The van der Waals surface area contributed by atoms with Gasteiger partial charge in [0.05, 0.1) is 30.1 Å². The van der Waals surface area contributed by atoms with Gasteiger partial charge in [-0.2, -0.15) is 0 Å². The molecule has 0 unspecified atom stereocenters. The Morgan fingerprint density at radius 3 is 2.73 bits per heavy atom. The Labute approximate surface area is 229 Å². The van der Waals surface area contributed by atoms with Crippen molar-refractivity contribution in [3.05, 3.63) is 59.3 Å². The predicted molar refractivity (Wildman–Crippen MR) is 145 cm³/mol. The average molecular weight is 546 g/mol. The number of aryl methyl sites for hydroxylation is 1. The molecule has 2 saturated carbocycles. The highest BCUT2D eigenvalue weighted by molar-refractivity contribution is 5.95. The molecule has 4 aromatic rings. The fourth-order valence-corrected chi connectivity index (χ4v) is 5.93. The number of esters is 1. The highest BCUT2D eigenvalue weighted by Crippen LogP contribution is 2.44. The number of allylic oxidation sites excluding steroid dienone is 2. The number of carbonyl (C=O) groups is 2. The lowest BCUT2D eigenvalue weighted by molar-refractivity contribution is -0.123. The second kappa shape index (κ2) is 9.25. The molecule has 206 valence electrons. The van der Waals surface area contributed by atoms with Gasteiger partial charge in [0.2, 0.25) is 5.91 Å². The Morgan fingerprint density at radius 1 is 1.12 bits per heavy atom. The molecule has 4 heterocycles. The molecule has 1 amide bonds. The molecule has 1 aliphatic heterocycles. The minimum atomic E-state index is -1.24. The normalized spacial score (nSPS) is 23.6. The quantitative estimate of drug-likeness (QED) is 0.267. The van der Waals surface area contributed by atoms with Crippen molar-refractivity contribution in [1.29, 1.82) is 0 Å². The van der Waals surface area contributed by atoms with Crippen molar-refractivity contribution in [3.8, 4) is 11.5 Å². The number of hydrogen-bond donors (Lipinski definition) is 1. The van der Waals surface area contributed by atoms with Crippen LogP contribution in [0.15, 0.2) is 36.4 Å². The maximum atomic E-state index is 15.5. The van der Waals surface area contributed by atoms with Crippen LogP contribution in [-0.2, 0) is 16.1 Å². The van der Waals surface area contributed by atoms with E-state index in [0.717, 1.165) is 61.6 Å². The molecule has 1 aromatic carbocycles. The van der Waals surface area contributed by atoms with Gasteiger partial charge in [-0.25, -0.2) is 23.5 Å². The van der Waals surface area contributed by atoms with Crippen LogP contribution in [0.2, 0.25) is 0 Å². The van der Waals surface area contributed by atoms with E-state index >= 15 is 8.78 Å². The van der Waals surface area contributed by atoms with Gasteiger partial charge in [0.25, 0.3) is 0 Å². The number of rotatable bonds is 3. The summed E-state index contributed by atoms with van der Waals surface area (Å²) in [5.74, 6) is -2.28. The van der Waals surface area contributed by atoms with E-state index in [1.807, 2.05) is 25.1 Å². The first-order valence-electron chi connectivity index (χ1n) is 13.8. The third-order valence-corrected chi connectivity index (χ3v) is 8.35. The van der Waals surface area contributed by atoms with E-state index in [0.29, 0.717) is 18.3 Å². The molecule has 0 radical (unpaired) electrons. The highest BCUT2D eigenvalue weighted by atomic mass is 19.2. The number of nitrogens with one attached hydrogen (secondary N) is 1. The van der Waals surface area contributed by atoms with E-state index in [-0.39, 0.29) is 34.9 Å². The number of aromatic nitrogens is 4. The minimum Gasteiger partial charge on any atom is -0.465 e. The third-order valence-electron chi connectivity index (χ3n) is 8.35. The lowest BCUT2D eigenvalue weighted by Gasteiger charge is -2.15. The second-order valence-corrected chi connectivity index (χ2v) is 11.1. The van der Waals surface area contributed by atoms with E-state index in [1.54, 1.807) is 4.57 Å². The first kappa shape index (κ1) is 24.9. The third kappa shape index (κ3) is 4.00. The largest absolute Gasteiger partial charge is 0.465 e. The monoisotopic (exact) mass is 545 g/mol. The first-order chi connectivity index (χ1) is 19.4. The molecule has 0 saturated heterocycles. The van der Waals surface area contributed by atoms with E-state index < -0.39 is 23.2 Å². The van der Waals surface area contributed by atoms with Crippen LogP contribution >= 0.6 is 0 Å². The van der Waals surface area contributed by atoms with Gasteiger partial charge < -0.3 is 19.2 Å². The van der Waals surface area contributed by atoms with Crippen molar-refractivity contribution in [3.63, 3.8) is 0 Å². The van der Waals surface area contributed by atoms with Crippen LogP contribution in [-0.4, -0.2) is 38.1 Å². The Kier molecular flexibility index (Phi) is 5.76. The smallest absolute Gasteiger partial charge is 0.341 e. The van der Waals surface area contributed by atoms with Gasteiger partial charge >= 0.3 is 5.97 Å². The van der Waals surface area contributed by atoms with Crippen molar-refractivity contribution in [2.24, 2.45) is 11.8 Å². The maximum absolute atomic E-state index is 15.5. The van der Waals surface area contributed by atoms with Crippen LogP contribution in [0.3, 0.4) is 0 Å². The molecule has 8 nitrogen and oxygen atoms in total. The fourth-order valence-electron chi connectivity index (χ4n) is 5.93. The summed E-state index contributed by atoms with van der Waals surface area (Å²) in [6, 6.07) is 6.85. The van der Waals surface area contributed by atoms with Gasteiger partial charge in [0.15, 0.2) is 17.5 Å².